The minimum atomic E-state index is -1.01. The predicted octanol–water partition coefficient (Wildman–Crippen LogP) is 4.57. The molecule has 1 unspecified atom stereocenters. The summed E-state index contributed by atoms with van der Waals surface area (Å²) in [6.07, 6.45) is 2.59. The van der Waals surface area contributed by atoms with Crippen molar-refractivity contribution in [3.8, 4) is 0 Å². The van der Waals surface area contributed by atoms with Crippen LogP contribution in [0.25, 0.3) is 11.0 Å². The summed E-state index contributed by atoms with van der Waals surface area (Å²) in [7, 11) is 0. The number of aliphatic hydroxyl groups is 1. The molecule has 1 aliphatic rings. The first-order chi connectivity index (χ1) is 14.6. The summed E-state index contributed by atoms with van der Waals surface area (Å²) in [6, 6.07) is 20.8. The minimum absolute atomic E-state index is 0.659. The highest BCUT2D eigenvalue weighted by Crippen LogP contribution is 2.28. The maximum absolute atomic E-state index is 9.77. The number of nitrogens with zero attached hydrogens (tertiary/aromatic N) is 2. The van der Waals surface area contributed by atoms with Crippen LogP contribution in [0.4, 0.5) is 11.6 Å². The van der Waals surface area contributed by atoms with Crippen LogP contribution in [0.3, 0.4) is 0 Å². The summed E-state index contributed by atoms with van der Waals surface area (Å²) < 4.78 is 2.19. The fourth-order valence-corrected chi connectivity index (χ4v) is 4.26. The second-order valence-electron chi connectivity index (χ2n) is 8.16. The van der Waals surface area contributed by atoms with Gasteiger partial charge in [-0.2, -0.15) is 0 Å². The van der Waals surface area contributed by atoms with E-state index in [9.17, 15) is 5.11 Å². The van der Waals surface area contributed by atoms with Gasteiger partial charge in [-0.15, -0.1) is 0 Å². The van der Waals surface area contributed by atoms with Gasteiger partial charge in [0.05, 0.1) is 17.6 Å². The lowest BCUT2D eigenvalue weighted by Gasteiger charge is -2.13. The van der Waals surface area contributed by atoms with E-state index in [1.807, 2.05) is 18.2 Å². The number of hydrogen-bond donors (Lipinski definition) is 3. The first kappa shape index (κ1) is 18.9. The van der Waals surface area contributed by atoms with E-state index in [4.69, 9.17) is 10.7 Å². The number of nitrogens with two attached hydrogens (primary N) is 1. The van der Waals surface area contributed by atoms with Gasteiger partial charge in [0.25, 0.3) is 0 Å². The van der Waals surface area contributed by atoms with Gasteiger partial charge in [-0.1, -0.05) is 42.0 Å². The molecule has 152 valence electrons. The topological polar surface area (TPSA) is 76.1 Å². The Kier molecular flexibility index (Phi) is 4.77. The van der Waals surface area contributed by atoms with E-state index in [2.05, 4.69) is 59.3 Å². The Balaban J connectivity index is 1.57. The molecule has 1 aromatic heterocycles. The Bertz CT molecular complexity index is 1210. The number of anilines is 2. The van der Waals surface area contributed by atoms with Gasteiger partial charge in [-0.25, -0.2) is 4.98 Å². The van der Waals surface area contributed by atoms with Crippen LogP contribution in [0.1, 0.15) is 40.5 Å². The van der Waals surface area contributed by atoms with Gasteiger partial charge >= 0.3 is 0 Å². The van der Waals surface area contributed by atoms with Crippen LogP contribution in [-0.4, -0.2) is 14.7 Å². The normalized spacial score (nSPS) is 14.1. The lowest BCUT2D eigenvalue weighted by molar-refractivity contribution is 0.186. The molecular weight excluding hydrogens is 372 g/mol. The minimum Gasteiger partial charge on any atom is -0.375 e. The molecule has 0 radical (unpaired) electrons. The zero-order valence-electron chi connectivity index (χ0n) is 17.1. The van der Waals surface area contributed by atoms with Crippen LogP contribution in [0, 0.1) is 6.92 Å². The molecule has 3 aromatic carbocycles. The van der Waals surface area contributed by atoms with Crippen molar-refractivity contribution >= 4 is 22.7 Å². The van der Waals surface area contributed by atoms with Crippen molar-refractivity contribution < 1.29 is 5.11 Å². The summed E-state index contributed by atoms with van der Waals surface area (Å²) in [5.74, 6) is 0.776. The molecule has 4 N–H and O–H groups in total. The third-order valence-electron chi connectivity index (χ3n) is 5.93. The highest BCUT2D eigenvalue weighted by Gasteiger charge is 2.16. The highest BCUT2D eigenvalue weighted by molar-refractivity contribution is 5.80. The van der Waals surface area contributed by atoms with E-state index >= 15 is 0 Å². The van der Waals surface area contributed by atoms with Crippen LogP contribution in [0.2, 0.25) is 0 Å². The summed E-state index contributed by atoms with van der Waals surface area (Å²) in [5, 5.41) is 13.2. The Hall–Kier alpha value is -3.15. The van der Waals surface area contributed by atoms with Gasteiger partial charge in [0, 0.05) is 5.69 Å². The highest BCUT2D eigenvalue weighted by atomic mass is 16.3. The summed E-state index contributed by atoms with van der Waals surface area (Å²) >= 11 is 0. The number of aliphatic hydroxyl groups excluding tert-OH is 1. The molecule has 0 amide bonds. The Morgan fingerprint density at radius 3 is 2.63 bits per heavy atom. The number of rotatable bonds is 5. The maximum Gasteiger partial charge on any atom is 0.208 e. The monoisotopic (exact) mass is 398 g/mol. The van der Waals surface area contributed by atoms with Crippen molar-refractivity contribution in [3.05, 3.63) is 88.5 Å². The lowest BCUT2D eigenvalue weighted by Crippen LogP contribution is -2.08. The second kappa shape index (κ2) is 7.59. The fourth-order valence-electron chi connectivity index (χ4n) is 4.26. The molecule has 0 fully saturated rings. The van der Waals surface area contributed by atoms with Crippen LogP contribution >= 0.6 is 0 Å². The number of benzene rings is 3. The van der Waals surface area contributed by atoms with E-state index in [0.717, 1.165) is 29.2 Å². The zero-order valence-corrected chi connectivity index (χ0v) is 17.1. The van der Waals surface area contributed by atoms with E-state index in [-0.39, 0.29) is 0 Å². The number of nitrogens with one attached hydrogen (secondary N) is 1. The average molecular weight is 399 g/mol. The summed E-state index contributed by atoms with van der Waals surface area (Å²) in [5.41, 5.74) is 14.6. The Morgan fingerprint density at radius 1 is 1.03 bits per heavy atom. The number of aromatic nitrogens is 2. The first-order valence-electron chi connectivity index (χ1n) is 10.4. The van der Waals surface area contributed by atoms with E-state index in [1.54, 1.807) is 0 Å². The molecule has 1 heterocycles. The summed E-state index contributed by atoms with van der Waals surface area (Å²) in [6.45, 7) is 2.80. The molecule has 0 spiro atoms. The Labute approximate surface area is 176 Å². The molecular formula is C25H26N4O. The molecule has 0 saturated carbocycles. The molecule has 0 aliphatic heterocycles. The van der Waals surface area contributed by atoms with Crippen molar-refractivity contribution in [1.29, 1.82) is 0 Å². The SMILES string of the molecule is Cc1ccc(Nc2nc3cc(C(N)O)ccc3n2Cc2ccc3c(c2)CCC3)cc1. The standard InChI is InChI=1S/C25H26N4O/c1-16-5-10-21(11-6-16)27-25-28-22-14-20(24(26)30)9-12-23(22)29(25)15-17-7-8-18-3-2-4-19(18)13-17/h5-14,24,30H,2-4,15,26H2,1H3,(H,27,28). The van der Waals surface area contributed by atoms with Crippen LogP contribution in [-0.2, 0) is 19.4 Å². The quantitative estimate of drug-likeness (QED) is 0.430. The van der Waals surface area contributed by atoms with Crippen molar-refractivity contribution in [1.82, 2.24) is 9.55 Å². The van der Waals surface area contributed by atoms with E-state index < -0.39 is 6.23 Å². The van der Waals surface area contributed by atoms with Gasteiger partial charge < -0.3 is 20.7 Å². The number of hydrogen-bond acceptors (Lipinski definition) is 4. The molecule has 0 saturated heterocycles. The van der Waals surface area contributed by atoms with Crippen molar-refractivity contribution in [2.75, 3.05) is 5.32 Å². The number of aryl methyl sites for hydroxylation is 3. The summed E-state index contributed by atoms with van der Waals surface area (Å²) in [4.78, 5) is 4.83. The van der Waals surface area contributed by atoms with Crippen molar-refractivity contribution in [2.45, 2.75) is 39.0 Å². The van der Waals surface area contributed by atoms with Gasteiger partial charge in [-0.3, -0.25) is 0 Å². The fraction of sp³-hybridized carbons (Fsp3) is 0.240. The van der Waals surface area contributed by atoms with E-state index in [0.29, 0.717) is 5.56 Å². The molecule has 5 nitrogen and oxygen atoms in total. The molecule has 0 bridgehead atoms. The van der Waals surface area contributed by atoms with E-state index in [1.165, 1.54) is 41.5 Å². The third kappa shape index (κ3) is 3.58. The van der Waals surface area contributed by atoms with Gasteiger partial charge in [-0.05, 0) is 72.7 Å². The second-order valence-corrected chi connectivity index (χ2v) is 8.16. The molecule has 1 atom stereocenters. The van der Waals surface area contributed by atoms with Crippen LogP contribution in [0.5, 0.6) is 0 Å². The molecule has 5 rings (SSSR count). The lowest BCUT2D eigenvalue weighted by atomic mass is 10.1. The first-order valence-corrected chi connectivity index (χ1v) is 10.4. The van der Waals surface area contributed by atoms with Crippen LogP contribution < -0.4 is 11.1 Å². The smallest absolute Gasteiger partial charge is 0.208 e. The average Bonchev–Trinajstić information content (AvgIpc) is 3.33. The Morgan fingerprint density at radius 2 is 1.83 bits per heavy atom. The number of imidazole rings is 1. The maximum atomic E-state index is 9.77. The largest absolute Gasteiger partial charge is 0.375 e. The van der Waals surface area contributed by atoms with Crippen molar-refractivity contribution in [2.24, 2.45) is 5.73 Å². The molecule has 1 aliphatic carbocycles. The third-order valence-corrected chi connectivity index (χ3v) is 5.93. The van der Waals surface area contributed by atoms with Gasteiger partial charge in [0.15, 0.2) is 0 Å². The molecule has 5 heteroatoms. The van der Waals surface area contributed by atoms with Gasteiger partial charge in [0.2, 0.25) is 5.95 Å². The number of fused-ring (bicyclic) bond motifs is 2. The van der Waals surface area contributed by atoms with Crippen molar-refractivity contribution in [3.63, 3.8) is 0 Å². The molecule has 30 heavy (non-hydrogen) atoms. The van der Waals surface area contributed by atoms with Crippen LogP contribution in [0.15, 0.2) is 60.7 Å². The predicted molar refractivity (Wildman–Crippen MR) is 121 cm³/mol. The molecule has 4 aromatic rings. The van der Waals surface area contributed by atoms with Gasteiger partial charge in [0.1, 0.15) is 6.23 Å². The zero-order chi connectivity index (χ0) is 20.7.